The van der Waals surface area contributed by atoms with Crippen molar-refractivity contribution < 1.29 is 22.8 Å². The van der Waals surface area contributed by atoms with Crippen LogP contribution in [0.25, 0.3) is 0 Å². The maximum Gasteiger partial charge on any atom is 0.325 e. The van der Waals surface area contributed by atoms with Gasteiger partial charge in [0.15, 0.2) is 0 Å². The average molecular weight is 382 g/mol. The van der Waals surface area contributed by atoms with E-state index in [-0.39, 0.29) is 17.9 Å². The molecule has 1 aliphatic rings. The number of urea groups is 1. The molecule has 1 heterocycles. The van der Waals surface area contributed by atoms with Crippen LogP contribution >= 0.6 is 0 Å². The molecule has 1 aromatic carbocycles. The number of nitrogens with zero attached hydrogens (tertiary/aromatic N) is 1. The molecule has 3 N–H and O–H groups in total. The van der Waals surface area contributed by atoms with E-state index in [9.17, 15) is 22.8 Å². The Morgan fingerprint density at radius 2 is 1.88 bits per heavy atom. The molecule has 0 radical (unpaired) electrons. The minimum atomic E-state index is -3.93. The van der Waals surface area contributed by atoms with Crippen LogP contribution in [0.15, 0.2) is 23.1 Å². The Kier molecular flexibility index (Phi) is 5.38. The van der Waals surface area contributed by atoms with Crippen LogP contribution in [0.1, 0.15) is 31.4 Å². The Hall–Kier alpha value is -2.46. The van der Waals surface area contributed by atoms with Crippen LogP contribution in [0.4, 0.5) is 4.79 Å². The second-order valence-electron chi connectivity index (χ2n) is 6.68. The summed E-state index contributed by atoms with van der Waals surface area (Å²) in [7, 11) is -3.93. The van der Waals surface area contributed by atoms with Crippen LogP contribution in [0.2, 0.25) is 0 Å². The number of carbonyl (C=O) groups excluding carboxylic acids is 3. The second-order valence-corrected chi connectivity index (χ2v) is 8.34. The van der Waals surface area contributed by atoms with Gasteiger partial charge in [-0.05, 0) is 44.9 Å². The van der Waals surface area contributed by atoms with Crippen molar-refractivity contribution in [2.75, 3.05) is 6.54 Å². The third-order valence-corrected chi connectivity index (χ3v) is 5.35. The van der Waals surface area contributed by atoms with Crippen LogP contribution in [0, 0.1) is 13.8 Å². The molecule has 0 aliphatic carbocycles. The zero-order valence-electron chi connectivity index (χ0n) is 15.0. The maximum absolute atomic E-state index is 12.3. The molecular weight excluding hydrogens is 360 g/mol. The summed E-state index contributed by atoms with van der Waals surface area (Å²) in [6.45, 7) is 6.38. The fourth-order valence-electron chi connectivity index (χ4n) is 2.47. The summed E-state index contributed by atoms with van der Waals surface area (Å²) >= 11 is 0. The number of carbonyl (C=O) groups is 3. The first-order valence-corrected chi connectivity index (χ1v) is 9.44. The molecule has 0 atom stereocenters. The minimum absolute atomic E-state index is 0.0636. The van der Waals surface area contributed by atoms with E-state index in [1.54, 1.807) is 39.8 Å². The first kappa shape index (κ1) is 19.9. The highest BCUT2D eigenvalue weighted by atomic mass is 32.2. The first-order valence-electron chi connectivity index (χ1n) is 7.96. The maximum atomic E-state index is 12.3. The number of rotatable bonds is 6. The van der Waals surface area contributed by atoms with E-state index >= 15 is 0 Å². The summed E-state index contributed by atoms with van der Waals surface area (Å²) in [6, 6.07) is 4.38. The summed E-state index contributed by atoms with van der Waals surface area (Å²) in [4.78, 5) is 38.7. The molecule has 10 heteroatoms. The highest BCUT2D eigenvalue weighted by Gasteiger charge is 2.44. The Bertz CT molecular complexity index is 863. The topological polar surface area (TPSA) is 125 Å². The molecule has 1 fully saturated rings. The third kappa shape index (κ3) is 4.20. The van der Waals surface area contributed by atoms with Crippen molar-refractivity contribution in [3.63, 3.8) is 0 Å². The van der Waals surface area contributed by atoms with Gasteiger partial charge in [-0.2, -0.15) is 0 Å². The van der Waals surface area contributed by atoms with Gasteiger partial charge in [-0.3, -0.25) is 19.9 Å². The van der Waals surface area contributed by atoms with Gasteiger partial charge in [0.05, 0.1) is 4.90 Å². The number of amides is 4. The number of nitrogens with one attached hydrogen (secondary N) is 3. The van der Waals surface area contributed by atoms with Crippen molar-refractivity contribution in [3.05, 3.63) is 29.3 Å². The van der Waals surface area contributed by atoms with Gasteiger partial charge in [0.25, 0.3) is 15.9 Å². The second kappa shape index (κ2) is 7.04. The number of hydrogen-bond acceptors (Lipinski definition) is 5. The number of hydrazine groups is 1. The normalized spacial score (nSPS) is 16.5. The Balaban J connectivity index is 1.94. The van der Waals surface area contributed by atoms with Crippen LogP contribution in [-0.2, 0) is 19.6 Å². The summed E-state index contributed by atoms with van der Waals surface area (Å²) in [5.74, 6) is -1.10. The largest absolute Gasteiger partial charge is 0.325 e. The smallest absolute Gasteiger partial charge is 0.324 e. The molecule has 0 spiro atoms. The Morgan fingerprint density at radius 1 is 1.23 bits per heavy atom. The summed E-state index contributed by atoms with van der Waals surface area (Å²) in [5.41, 5.74) is 2.39. The van der Waals surface area contributed by atoms with Gasteiger partial charge < -0.3 is 5.32 Å². The van der Waals surface area contributed by atoms with Crippen LogP contribution in [0.5, 0.6) is 0 Å². The van der Waals surface area contributed by atoms with Crippen molar-refractivity contribution in [2.24, 2.45) is 0 Å². The first-order chi connectivity index (χ1) is 11.9. The van der Waals surface area contributed by atoms with Crippen molar-refractivity contribution in [2.45, 2.75) is 44.6 Å². The summed E-state index contributed by atoms with van der Waals surface area (Å²) < 4.78 is 24.6. The zero-order valence-corrected chi connectivity index (χ0v) is 15.9. The lowest BCUT2D eigenvalue weighted by atomic mass is 10.1. The molecule has 142 valence electrons. The molecule has 4 amide bonds. The van der Waals surface area contributed by atoms with Crippen molar-refractivity contribution in [3.8, 4) is 0 Å². The average Bonchev–Trinajstić information content (AvgIpc) is 2.73. The number of aryl methyl sites for hydroxylation is 2. The molecule has 26 heavy (non-hydrogen) atoms. The standard InChI is InChI=1S/C16H22N4O5S/c1-10-5-6-11(2)12(9-10)26(24,25)19-18-13(21)7-8-20-14(22)16(3,4)17-15(20)23/h5-6,9,19H,7-8H2,1-4H3,(H,17,23)(H,18,21). The molecule has 1 saturated heterocycles. The lowest BCUT2D eigenvalue weighted by molar-refractivity contribution is -0.130. The molecule has 1 aliphatic heterocycles. The molecule has 2 rings (SSSR count). The number of sulfonamides is 1. The molecular formula is C16H22N4O5S. The van der Waals surface area contributed by atoms with E-state index < -0.39 is 33.4 Å². The Morgan fingerprint density at radius 3 is 2.46 bits per heavy atom. The van der Waals surface area contributed by atoms with Crippen LogP contribution < -0.4 is 15.6 Å². The quantitative estimate of drug-likeness (QED) is 0.483. The van der Waals surface area contributed by atoms with Gasteiger partial charge in [-0.1, -0.05) is 12.1 Å². The zero-order chi connectivity index (χ0) is 19.7. The monoisotopic (exact) mass is 382 g/mol. The van der Waals surface area contributed by atoms with Crippen molar-refractivity contribution in [1.82, 2.24) is 20.5 Å². The van der Waals surface area contributed by atoms with E-state index in [2.05, 4.69) is 10.7 Å². The summed E-state index contributed by atoms with van der Waals surface area (Å²) in [6.07, 6.45) is -0.232. The van der Waals surface area contributed by atoms with Gasteiger partial charge in [0.1, 0.15) is 5.54 Å². The van der Waals surface area contributed by atoms with E-state index in [4.69, 9.17) is 0 Å². The molecule has 0 aromatic heterocycles. The van der Waals surface area contributed by atoms with Crippen molar-refractivity contribution >= 4 is 27.9 Å². The highest BCUT2D eigenvalue weighted by molar-refractivity contribution is 7.89. The molecule has 0 bridgehead atoms. The summed E-state index contributed by atoms with van der Waals surface area (Å²) in [5, 5.41) is 2.50. The third-order valence-electron chi connectivity index (χ3n) is 3.96. The van der Waals surface area contributed by atoms with E-state index in [1.165, 1.54) is 6.07 Å². The Labute approximate surface area is 152 Å². The van der Waals surface area contributed by atoms with E-state index in [0.717, 1.165) is 10.5 Å². The lowest BCUT2D eigenvalue weighted by Gasteiger charge is -2.16. The van der Waals surface area contributed by atoms with Gasteiger partial charge in [0, 0.05) is 13.0 Å². The molecule has 0 saturated carbocycles. The van der Waals surface area contributed by atoms with Crippen LogP contribution in [-0.4, -0.2) is 43.2 Å². The van der Waals surface area contributed by atoms with Crippen LogP contribution in [0.3, 0.4) is 0 Å². The lowest BCUT2D eigenvalue weighted by Crippen LogP contribution is -2.44. The fraction of sp³-hybridized carbons (Fsp3) is 0.438. The predicted molar refractivity (Wildman–Crippen MR) is 93.3 cm³/mol. The highest BCUT2D eigenvalue weighted by Crippen LogP contribution is 2.17. The number of hydrogen-bond donors (Lipinski definition) is 3. The molecule has 1 aromatic rings. The fourth-order valence-corrected chi connectivity index (χ4v) is 3.66. The minimum Gasteiger partial charge on any atom is -0.324 e. The van der Waals surface area contributed by atoms with E-state index in [0.29, 0.717) is 5.56 Å². The van der Waals surface area contributed by atoms with Gasteiger partial charge >= 0.3 is 6.03 Å². The van der Waals surface area contributed by atoms with Gasteiger partial charge in [-0.25, -0.2) is 13.2 Å². The van der Waals surface area contributed by atoms with Gasteiger partial charge in [0.2, 0.25) is 5.91 Å². The molecule has 0 unspecified atom stereocenters. The number of benzene rings is 1. The number of imide groups is 1. The predicted octanol–water partition coefficient (Wildman–Crippen LogP) is 0.333. The molecule has 9 nitrogen and oxygen atoms in total. The SMILES string of the molecule is Cc1ccc(C)c(S(=O)(=O)NNC(=O)CCN2C(=O)NC(C)(C)C2=O)c1. The van der Waals surface area contributed by atoms with Crippen molar-refractivity contribution in [1.29, 1.82) is 0 Å². The van der Waals surface area contributed by atoms with E-state index in [1.807, 2.05) is 4.83 Å². The van der Waals surface area contributed by atoms with Gasteiger partial charge in [-0.15, -0.1) is 4.83 Å².